The van der Waals surface area contributed by atoms with Crippen molar-refractivity contribution in [1.29, 1.82) is 0 Å². The maximum absolute atomic E-state index is 4.76. The molecule has 1 aromatic heterocycles. The van der Waals surface area contributed by atoms with Crippen molar-refractivity contribution in [3.8, 4) is 0 Å². The van der Waals surface area contributed by atoms with Crippen LogP contribution in [0.15, 0.2) is 6.07 Å². The van der Waals surface area contributed by atoms with Gasteiger partial charge in [0.05, 0.1) is 0 Å². The summed E-state index contributed by atoms with van der Waals surface area (Å²) in [7, 11) is 0. The van der Waals surface area contributed by atoms with Crippen LogP contribution in [0.2, 0.25) is 0 Å². The molecule has 2 heterocycles. The summed E-state index contributed by atoms with van der Waals surface area (Å²) in [6, 6.07) is 2.10. The average molecular weight is 276 g/mol. The number of rotatable bonds is 6. The lowest BCUT2D eigenvalue weighted by atomic mass is 9.95. The third-order valence-electron chi connectivity index (χ3n) is 4.08. The number of hydrogen-bond donors (Lipinski definition) is 1. The van der Waals surface area contributed by atoms with E-state index in [0.29, 0.717) is 0 Å². The van der Waals surface area contributed by atoms with Gasteiger partial charge in [0.15, 0.2) is 0 Å². The molecule has 0 spiro atoms. The van der Waals surface area contributed by atoms with Crippen LogP contribution >= 0.6 is 0 Å². The van der Waals surface area contributed by atoms with Gasteiger partial charge in [-0.25, -0.2) is 9.97 Å². The van der Waals surface area contributed by atoms with Gasteiger partial charge in [0.1, 0.15) is 17.5 Å². The Bertz CT molecular complexity index is 406. The van der Waals surface area contributed by atoms with Crippen LogP contribution in [0.1, 0.15) is 46.4 Å². The van der Waals surface area contributed by atoms with E-state index in [4.69, 9.17) is 4.98 Å². The van der Waals surface area contributed by atoms with E-state index < -0.39 is 0 Å². The van der Waals surface area contributed by atoms with Gasteiger partial charge >= 0.3 is 0 Å². The molecular weight excluding hydrogens is 248 g/mol. The lowest BCUT2D eigenvalue weighted by Gasteiger charge is -2.20. The molecule has 4 heteroatoms. The second-order valence-electron chi connectivity index (χ2n) is 6.05. The highest BCUT2D eigenvalue weighted by atomic mass is 15.2. The van der Waals surface area contributed by atoms with Crippen molar-refractivity contribution < 1.29 is 0 Å². The average Bonchev–Trinajstić information content (AvgIpc) is 2.89. The predicted octanol–water partition coefficient (Wildman–Crippen LogP) is 3.34. The highest BCUT2D eigenvalue weighted by Gasteiger charge is 2.26. The minimum absolute atomic E-state index is 0.755. The fraction of sp³-hybridized carbons (Fsp3) is 0.750. The van der Waals surface area contributed by atoms with E-state index in [2.05, 4.69) is 49.0 Å². The van der Waals surface area contributed by atoms with Crippen LogP contribution in [0.4, 0.5) is 11.6 Å². The Kier molecular flexibility index (Phi) is 5.21. The van der Waals surface area contributed by atoms with Gasteiger partial charge in [-0.2, -0.15) is 0 Å². The van der Waals surface area contributed by atoms with Crippen LogP contribution in [0.25, 0.3) is 0 Å². The van der Waals surface area contributed by atoms with Gasteiger partial charge in [0.25, 0.3) is 0 Å². The molecule has 1 unspecified atom stereocenters. The van der Waals surface area contributed by atoms with Gasteiger partial charge < -0.3 is 10.2 Å². The van der Waals surface area contributed by atoms with Crippen molar-refractivity contribution in [2.75, 3.05) is 29.9 Å². The summed E-state index contributed by atoms with van der Waals surface area (Å²) in [6.07, 6.45) is 3.32. The molecule has 1 aliphatic rings. The molecule has 1 fully saturated rings. The Hall–Kier alpha value is -1.32. The highest BCUT2D eigenvalue weighted by molar-refractivity contribution is 5.50. The molecule has 0 aromatic carbocycles. The maximum atomic E-state index is 4.76. The van der Waals surface area contributed by atoms with Crippen LogP contribution < -0.4 is 10.2 Å². The Morgan fingerprint density at radius 2 is 2.15 bits per heavy atom. The summed E-state index contributed by atoms with van der Waals surface area (Å²) in [5, 5.41) is 3.33. The van der Waals surface area contributed by atoms with Crippen molar-refractivity contribution in [1.82, 2.24) is 9.97 Å². The smallest absolute Gasteiger partial charge is 0.134 e. The molecule has 0 amide bonds. The topological polar surface area (TPSA) is 41.1 Å². The van der Waals surface area contributed by atoms with E-state index in [1.165, 1.54) is 6.42 Å². The lowest BCUT2D eigenvalue weighted by molar-refractivity contribution is 0.422. The summed E-state index contributed by atoms with van der Waals surface area (Å²) in [4.78, 5) is 11.8. The first-order valence-electron chi connectivity index (χ1n) is 8.00. The Balaban J connectivity index is 2.17. The zero-order valence-electron chi connectivity index (χ0n) is 13.3. The lowest BCUT2D eigenvalue weighted by Crippen LogP contribution is -2.23. The third-order valence-corrected chi connectivity index (χ3v) is 4.08. The van der Waals surface area contributed by atoms with Crippen molar-refractivity contribution in [2.24, 2.45) is 11.8 Å². The minimum atomic E-state index is 0.755. The molecule has 1 saturated heterocycles. The monoisotopic (exact) mass is 276 g/mol. The van der Waals surface area contributed by atoms with Crippen LogP contribution in [-0.4, -0.2) is 29.6 Å². The number of anilines is 2. The largest absolute Gasteiger partial charge is 0.370 e. The number of hydrogen-bond acceptors (Lipinski definition) is 4. The standard InChI is InChI=1S/C16H28N4/c1-5-7-14-18-15(17-6-2)10-16(19-14)20-9-8-13(11-20)12(3)4/h10,12-13H,5-9,11H2,1-4H3,(H,17,18,19). The van der Waals surface area contributed by atoms with Crippen LogP contribution in [0.5, 0.6) is 0 Å². The molecule has 1 aliphatic heterocycles. The summed E-state index contributed by atoms with van der Waals surface area (Å²) < 4.78 is 0. The van der Waals surface area contributed by atoms with E-state index >= 15 is 0 Å². The van der Waals surface area contributed by atoms with Crippen molar-refractivity contribution in [3.63, 3.8) is 0 Å². The van der Waals surface area contributed by atoms with Crippen LogP contribution in [0.3, 0.4) is 0 Å². The fourth-order valence-electron chi connectivity index (χ4n) is 2.79. The molecule has 1 N–H and O–H groups in total. The Morgan fingerprint density at radius 3 is 2.75 bits per heavy atom. The van der Waals surface area contributed by atoms with Crippen molar-refractivity contribution in [3.05, 3.63) is 11.9 Å². The van der Waals surface area contributed by atoms with Gasteiger partial charge in [-0.15, -0.1) is 0 Å². The SMILES string of the molecule is CCCc1nc(NCC)cc(N2CCC(C(C)C)C2)n1. The first kappa shape index (κ1) is 15.1. The van der Waals surface area contributed by atoms with E-state index in [-0.39, 0.29) is 0 Å². The maximum Gasteiger partial charge on any atom is 0.134 e. The van der Waals surface area contributed by atoms with E-state index in [9.17, 15) is 0 Å². The van der Waals surface area contributed by atoms with Crippen molar-refractivity contribution in [2.45, 2.75) is 47.0 Å². The van der Waals surface area contributed by atoms with Crippen molar-refractivity contribution >= 4 is 11.6 Å². The Morgan fingerprint density at radius 1 is 1.35 bits per heavy atom. The second-order valence-corrected chi connectivity index (χ2v) is 6.05. The zero-order valence-corrected chi connectivity index (χ0v) is 13.3. The molecule has 112 valence electrons. The molecule has 1 aromatic rings. The summed E-state index contributed by atoms with van der Waals surface area (Å²) in [5.74, 6) is 4.58. The summed E-state index contributed by atoms with van der Waals surface area (Å²) >= 11 is 0. The first-order chi connectivity index (χ1) is 9.63. The normalized spacial score (nSPS) is 18.9. The zero-order chi connectivity index (χ0) is 14.5. The van der Waals surface area contributed by atoms with Gasteiger partial charge in [0, 0.05) is 32.1 Å². The summed E-state index contributed by atoms with van der Waals surface area (Å²) in [5.41, 5.74) is 0. The number of nitrogens with one attached hydrogen (secondary N) is 1. The molecule has 1 atom stereocenters. The van der Waals surface area contributed by atoms with Gasteiger partial charge in [0.2, 0.25) is 0 Å². The fourth-order valence-corrected chi connectivity index (χ4v) is 2.79. The molecule has 0 saturated carbocycles. The van der Waals surface area contributed by atoms with Gasteiger partial charge in [-0.1, -0.05) is 20.8 Å². The summed E-state index contributed by atoms with van der Waals surface area (Å²) in [6.45, 7) is 12.1. The van der Waals surface area contributed by atoms with Gasteiger partial charge in [-0.05, 0) is 31.6 Å². The number of aromatic nitrogens is 2. The van der Waals surface area contributed by atoms with Crippen LogP contribution in [0, 0.1) is 11.8 Å². The van der Waals surface area contributed by atoms with E-state index in [0.717, 1.165) is 61.8 Å². The minimum Gasteiger partial charge on any atom is -0.370 e. The molecule has 2 rings (SSSR count). The molecule has 0 radical (unpaired) electrons. The highest BCUT2D eigenvalue weighted by Crippen LogP contribution is 2.28. The third kappa shape index (κ3) is 3.62. The van der Waals surface area contributed by atoms with E-state index in [1.807, 2.05) is 0 Å². The Labute approximate surface area is 123 Å². The van der Waals surface area contributed by atoms with Crippen LogP contribution in [-0.2, 0) is 6.42 Å². The number of aryl methyl sites for hydroxylation is 1. The second kappa shape index (κ2) is 6.91. The van der Waals surface area contributed by atoms with E-state index in [1.54, 1.807) is 0 Å². The quantitative estimate of drug-likeness (QED) is 0.865. The first-order valence-corrected chi connectivity index (χ1v) is 8.00. The molecule has 0 aliphatic carbocycles. The molecule has 20 heavy (non-hydrogen) atoms. The number of nitrogens with zero attached hydrogens (tertiary/aromatic N) is 3. The molecular formula is C16H28N4. The molecule has 4 nitrogen and oxygen atoms in total. The predicted molar refractivity (Wildman–Crippen MR) is 85.3 cm³/mol. The van der Waals surface area contributed by atoms with Gasteiger partial charge in [-0.3, -0.25) is 0 Å². The molecule has 0 bridgehead atoms.